The summed E-state index contributed by atoms with van der Waals surface area (Å²) in [5.41, 5.74) is 5.20. The minimum absolute atomic E-state index is 0.0780. The third-order valence-electron chi connectivity index (χ3n) is 3.00. The Bertz CT molecular complexity index is 674. The predicted octanol–water partition coefficient (Wildman–Crippen LogP) is 0.265. The van der Waals surface area contributed by atoms with Crippen molar-refractivity contribution in [2.45, 2.75) is 12.3 Å². The largest absolute Gasteiger partial charge is 0.369 e. The van der Waals surface area contributed by atoms with E-state index in [4.69, 9.17) is 17.3 Å². The summed E-state index contributed by atoms with van der Waals surface area (Å²) in [7, 11) is 0. The van der Waals surface area contributed by atoms with Crippen LogP contribution in [0.3, 0.4) is 0 Å². The highest BCUT2D eigenvalue weighted by atomic mass is 35.5. The maximum Gasteiger partial charge on any atom is 0.276 e. The van der Waals surface area contributed by atoms with Gasteiger partial charge in [-0.1, -0.05) is 11.6 Å². The maximum atomic E-state index is 11.8. The van der Waals surface area contributed by atoms with Crippen LogP contribution in [-0.4, -0.2) is 20.5 Å². The fourth-order valence-corrected chi connectivity index (χ4v) is 2.22. The molecular formula is C10H9ClN4O2. The summed E-state index contributed by atoms with van der Waals surface area (Å²) in [6.45, 7) is 0. The highest BCUT2D eigenvalue weighted by molar-refractivity contribution is 6.33. The summed E-state index contributed by atoms with van der Waals surface area (Å²) in [5.74, 6) is -0.172. The SMILES string of the molecule is NC(=O)[C@@H]1C[C@H]1c1nn2ccc(Cl)c2c(=O)[nH]1. The fraction of sp³-hybridized carbons (Fsp3) is 0.300. The average molecular weight is 253 g/mol. The molecule has 0 aliphatic heterocycles. The lowest BCUT2D eigenvalue weighted by Crippen LogP contribution is -2.18. The first-order chi connectivity index (χ1) is 8.08. The second-order valence-electron chi connectivity index (χ2n) is 4.15. The number of fused-ring (bicyclic) bond motifs is 1. The number of nitrogens with two attached hydrogens (primary N) is 1. The molecule has 6 nitrogen and oxygen atoms in total. The topological polar surface area (TPSA) is 93.2 Å². The van der Waals surface area contributed by atoms with Gasteiger partial charge >= 0.3 is 0 Å². The van der Waals surface area contributed by atoms with Gasteiger partial charge in [-0.3, -0.25) is 9.59 Å². The smallest absolute Gasteiger partial charge is 0.276 e. The molecule has 0 aromatic carbocycles. The lowest BCUT2D eigenvalue weighted by atomic mass is 10.3. The lowest BCUT2D eigenvalue weighted by molar-refractivity contribution is -0.119. The molecule has 2 aromatic heterocycles. The Kier molecular flexibility index (Phi) is 2.03. The molecule has 0 spiro atoms. The number of carbonyl (C=O) groups is 1. The van der Waals surface area contributed by atoms with Crippen molar-refractivity contribution in [3.8, 4) is 0 Å². The number of hydrogen-bond donors (Lipinski definition) is 2. The second-order valence-corrected chi connectivity index (χ2v) is 4.55. The van der Waals surface area contributed by atoms with E-state index in [1.807, 2.05) is 0 Å². The van der Waals surface area contributed by atoms with Crippen molar-refractivity contribution in [3.63, 3.8) is 0 Å². The molecule has 17 heavy (non-hydrogen) atoms. The zero-order valence-electron chi connectivity index (χ0n) is 8.68. The number of nitrogens with one attached hydrogen (secondary N) is 1. The monoisotopic (exact) mass is 252 g/mol. The Labute approximate surface area is 100 Å². The van der Waals surface area contributed by atoms with Crippen LogP contribution < -0.4 is 11.3 Å². The Morgan fingerprint density at radius 2 is 2.41 bits per heavy atom. The minimum atomic E-state index is -0.358. The number of amides is 1. The maximum absolute atomic E-state index is 11.8. The Balaban J connectivity index is 2.09. The summed E-state index contributed by atoms with van der Waals surface area (Å²) >= 11 is 5.85. The standard InChI is InChI=1S/C10H9ClN4O2/c11-6-1-2-15-7(6)10(17)13-9(14-15)5-3-4(5)8(12)16/h1-2,4-5H,3H2,(H2,12,16)(H,13,14,17)/t4-,5-/m1/s1. The van der Waals surface area contributed by atoms with Gasteiger partial charge in [0.2, 0.25) is 5.91 Å². The van der Waals surface area contributed by atoms with Crippen LogP contribution in [0.5, 0.6) is 0 Å². The van der Waals surface area contributed by atoms with Crippen molar-refractivity contribution in [3.05, 3.63) is 33.5 Å². The summed E-state index contributed by atoms with van der Waals surface area (Å²) in [6.07, 6.45) is 2.25. The van der Waals surface area contributed by atoms with Gasteiger partial charge in [-0.15, -0.1) is 0 Å². The van der Waals surface area contributed by atoms with E-state index in [1.54, 1.807) is 12.3 Å². The molecule has 0 radical (unpaired) electrons. The Hall–Kier alpha value is -1.82. The fourth-order valence-electron chi connectivity index (χ4n) is 1.99. The summed E-state index contributed by atoms with van der Waals surface area (Å²) in [4.78, 5) is 25.4. The first kappa shape index (κ1) is 10.3. The summed E-state index contributed by atoms with van der Waals surface area (Å²) < 4.78 is 1.42. The summed E-state index contributed by atoms with van der Waals surface area (Å²) in [6, 6.07) is 1.60. The third-order valence-corrected chi connectivity index (χ3v) is 3.30. The highest BCUT2D eigenvalue weighted by Gasteiger charge is 2.45. The van der Waals surface area contributed by atoms with Gasteiger partial charge in [-0.25, -0.2) is 4.52 Å². The van der Waals surface area contributed by atoms with Gasteiger partial charge in [0, 0.05) is 18.0 Å². The molecule has 2 aromatic rings. The van der Waals surface area contributed by atoms with E-state index in [0.29, 0.717) is 22.8 Å². The van der Waals surface area contributed by atoms with Gasteiger partial charge in [0.1, 0.15) is 11.3 Å². The van der Waals surface area contributed by atoms with Gasteiger partial charge in [0.15, 0.2) is 0 Å². The van der Waals surface area contributed by atoms with E-state index < -0.39 is 0 Å². The van der Waals surface area contributed by atoms with Gasteiger partial charge < -0.3 is 10.7 Å². The van der Waals surface area contributed by atoms with Crippen molar-refractivity contribution in [1.82, 2.24) is 14.6 Å². The molecule has 1 aliphatic rings. The molecule has 1 saturated carbocycles. The lowest BCUT2D eigenvalue weighted by Gasteiger charge is -2.00. The van der Waals surface area contributed by atoms with Crippen LogP contribution >= 0.6 is 11.6 Å². The van der Waals surface area contributed by atoms with Gasteiger partial charge in [-0.05, 0) is 12.5 Å². The van der Waals surface area contributed by atoms with Crippen LogP contribution in [0.2, 0.25) is 5.02 Å². The van der Waals surface area contributed by atoms with E-state index in [-0.39, 0.29) is 23.3 Å². The molecule has 1 amide bonds. The number of primary amides is 1. The third kappa shape index (κ3) is 1.52. The number of halogens is 1. The molecule has 3 N–H and O–H groups in total. The molecule has 7 heteroatoms. The zero-order valence-corrected chi connectivity index (χ0v) is 9.44. The Morgan fingerprint density at radius 3 is 3.06 bits per heavy atom. The van der Waals surface area contributed by atoms with Crippen LogP contribution in [0, 0.1) is 5.92 Å². The molecule has 88 valence electrons. The number of hydrogen-bond acceptors (Lipinski definition) is 3. The number of nitrogens with zero attached hydrogens (tertiary/aromatic N) is 2. The molecular weight excluding hydrogens is 244 g/mol. The quantitative estimate of drug-likeness (QED) is 0.803. The van der Waals surface area contributed by atoms with Crippen LogP contribution in [0.1, 0.15) is 18.2 Å². The van der Waals surface area contributed by atoms with Crippen molar-refractivity contribution >= 4 is 23.0 Å². The molecule has 0 unspecified atom stereocenters. The van der Waals surface area contributed by atoms with Crippen molar-refractivity contribution in [1.29, 1.82) is 0 Å². The number of carbonyl (C=O) groups excluding carboxylic acids is 1. The normalized spacial score (nSPS) is 22.9. The molecule has 2 heterocycles. The second kappa shape index (κ2) is 3.33. The molecule has 2 atom stereocenters. The first-order valence-corrected chi connectivity index (χ1v) is 5.52. The molecule has 0 saturated heterocycles. The zero-order chi connectivity index (χ0) is 12.2. The molecule has 1 aliphatic carbocycles. The molecule has 0 bridgehead atoms. The van der Waals surface area contributed by atoms with E-state index in [2.05, 4.69) is 10.1 Å². The number of aromatic amines is 1. The van der Waals surface area contributed by atoms with Gasteiger partial charge in [0.05, 0.1) is 5.02 Å². The number of aromatic nitrogens is 3. The Morgan fingerprint density at radius 1 is 1.65 bits per heavy atom. The first-order valence-electron chi connectivity index (χ1n) is 5.14. The van der Waals surface area contributed by atoms with Crippen LogP contribution in [-0.2, 0) is 4.79 Å². The summed E-state index contributed by atoms with van der Waals surface area (Å²) in [5, 5.41) is 4.57. The number of rotatable bonds is 2. The average Bonchev–Trinajstić information content (AvgIpc) is 2.98. The molecule has 3 rings (SSSR count). The van der Waals surface area contributed by atoms with Crippen molar-refractivity contribution in [2.24, 2.45) is 11.7 Å². The predicted molar refractivity (Wildman–Crippen MR) is 60.9 cm³/mol. The van der Waals surface area contributed by atoms with E-state index >= 15 is 0 Å². The van der Waals surface area contributed by atoms with Gasteiger partial charge in [-0.2, -0.15) is 5.10 Å². The van der Waals surface area contributed by atoms with Crippen LogP contribution in [0.4, 0.5) is 0 Å². The van der Waals surface area contributed by atoms with E-state index in [0.717, 1.165) is 0 Å². The van der Waals surface area contributed by atoms with Crippen molar-refractivity contribution < 1.29 is 4.79 Å². The number of H-pyrrole nitrogens is 1. The minimum Gasteiger partial charge on any atom is -0.369 e. The van der Waals surface area contributed by atoms with Crippen LogP contribution in [0.15, 0.2) is 17.1 Å². The van der Waals surface area contributed by atoms with Gasteiger partial charge in [0.25, 0.3) is 5.56 Å². The highest BCUT2D eigenvalue weighted by Crippen LogP contribution is 2.45. The van der Waals surface area contributed by atoms with E-state index in [1.165, 1.54) is 4.52 Å². The van der Waals surface area contributed by atoms with Crippen molar-refractivity contribution in [2.75, 3.05) is 0 Å². The molecule has 1 fully saturated rings. The van der Waals surface area contributed by atoms with E-state index in [9.17, 15) is 9.59 Å². The van der Waals surface area contributed by atoms with Crippen LogP contribution in [0.25, 0.3) is 5.52 Å².